The van der Waals surface area contributed by atoms with Gasteiger partial charge in [0.2, 0.25) is 0 Å². The van der Waals surface area contributed by atoms with E-state index in [1.54, 1.807) is 26.0 Å². The number of halogens is 3. The highest BCUT2D eigenvalue weighted by Crippen LogP contribution is 2.31. The van der Waals surface area contributed by atoms with Gasteiger partial charge in [-0.15, -0.1) is 0 Å². The molecule has 0 saturated carbocycles. The fourth-order valence-electron chi connectivity index (χ4n) is 3.10. The van der Waals surface area contributed by atoms with Crippen molar-refractivity contribution in [2.24, 2.45) is 5.16 Å². The second-order valence-electron chi connectivity index (χ2n) is 6.90. The predicted molar refractivity (Wildman–Crippen MR) is 109 cm³/mol. The van der Waals surface area contributed by atoms with Crippen LogP contribution in [-0.4, -0.2) is 25.9 Å². The van der Waals surface area contributed by atoms with Crippen molar-refractivity contribution in [3.63, 3.8) is 0 Å². The minimum atomic E-state index is -4.45. The molecule has 0 aliphatic carbocycles. The Hall–Kier alpha value is -2.91. The molecule has 0 radical (unpaired) electrons. The van der Waals surface area contributed by atoms with Gasteiger partial charge in [-0.05, 0) is 49.6 Å². The molecule has 1 N–H and O–H groups in total. The van der Waals surface area contributed by atoms with Gasteiger partial charge in [-0.3, -0.25) is 0 Å². The molecule has 0 saturated heterocycles. The number of ether oxygens (including phenoxy) is 1. The number of nitrogens with zero attached hydrogens (tertiary/aromatic N) is 1. The van der Waals surface area contributed by atoms with Gasteiger partial charge in [0.15, 0.2) is 6.04 Å². The lowest BCUT2D eigenvalue weighted by molar-refractivity contribution is -0.147. The van der Waals surface area contributed by atoms with Crippen LogP contribution in [0.1, 0.15) is 46.3 Å². The summed E-state index contributed by atoms with van der Waals surface area (Å²) in [5, 5.41) is 4.01. The topological polar surface area (TPSA) is 69.2 Å². The number of hydrogen-bond donors (Lipinski definition) is 1. The van der Waals surface area contributed by atoms with Gasteiger partial charge in [-0.1, -0.05) is 29.4 Å². The van der Waals surface area contributed by atoms with E-state index in [9.17, 15) is 18.0 Å². The number of carbonyl (C=O) groups excluding carboxylic acids is 1. The highest BCUT2D eigenvalue weighted by molar-refractivity contribution is 5.99. The van der Waals surface area contributed by atoms with E-state index in [4.69, 9.17) is 14.4 Å². The van der Waals surface area contributed by atoms with Crippen LogP contribution in [0.5, 0.6) is 0 Å². The number of rotatable bonds is 8. The van der Waals surface area contributed by atoms with Gasteiger partial charge in [-0.25, -0.2) is 4.79 Å². The lowest BCUT2D eigenvalue weighted by Crippen LogP contribution is -2.30. The molecular weight excluding hydrogens is 413 g/mol. The third kappa shape index (κ3) is 6.05. The van der Waals surface area contributed by atoms with Gasteiger partial charge < -0.3 is 14.4 Å². The van der Waals surface area contributed by atoms with E-state index < -0.39 is 23.8 Å². The molecule has 2 rings (SSSR count). The van der Waals surface area contributed by atoms with E-state index >= 15 is 0 Å². The minimum absolute atomic E-state index is 0.00373. The maximum absolute atomic E-state index is 13.0. The van der Waals surface area contributed by atoms with Crippen LogP contribution >= 0.6 is 0 Å². The molecule has 0 spiro atoms. The molecule has 0 bridgehead atoms. The standard InChI is InChI=1S/C22H25F3N2O4/c1-13-7-6-8-17(20(27-30-5)21(28)29-4)19(13)12-31-26-15(3)18-11-16(22(23,24)25)10-9-14(18)2/h6-11,20,27H,12H2,1-5H3/b26-15+. The third-order valence-corrected chi connectivity index (χ3v) is 4.80. The smallest absolute Gasteiger partial charge is 0.416 e. The fraction of sp³-hybridized carbons (Fsp3) is 0.364. The molecule has 0 amide bonds. The highest BCUT2D eigenvalue weighted by atomic mass is 19.4. The Balaban J connectivity index is 2.30. The average molecular weight is 438 g/mol. The van der Waals surface area contributed by atoms with Crippen LogP contribution in [0, 0.1) is 13.8 Å². The van der Waals surface area contributed by atoms with Gasteiger partial charge in [0.1, 0.15) is 6.61 Å². The SMILES string of the molecule is CONC(C(=O)OC)c1cccc(C)c1CO/N=C(\C)c1cc(C(F)(F)F)ccc1C. The van der Waals surface area contributed by atoms with Crippen molar-refractivity contribution in [2.75, 3.05) is 14.2 Å². The maximum Gasteiger partial charge on any atom is 0.416 e. The summed E-state index contributed by atoms with van der Waals surface area (Å²) in [5.74, 6) is -0.548. The Labute approximate surface area is 178 Å². The zero-order valence-electron chi connectivity index (χ0n) is 18.0. The van der Waals surface area contributed by atoms with E-state index in [1.807, 2.05) is 13.0 Å². The lowest BCUT2D eigenvalue weighted by Gasteiger charge is -2.19. The quantitative estimate of drug-likeness (QED) is 0.370. The highest BCUT2D eigenvalue weighted by Gasteiger charge is 2.31. The Morgan fingerprint density at radius 1 is 1.13 bits per heavy atom. The van der Waals surface area contributed by atoms with Crippen LogP contribution in [-0.2, 0) is 32.0 Å². The summed E-state index contributed by atoms with van der Waals surface area (Å²) in [6.45, 7) is 5.11. The summed E-state index contributed by atoms with van der Waals surface area (Å²) in [4.78, 5) is 22.5. The van der Waals surface area contributed by atoms with Gasteiger partial charge >= 0.3 is 12.1 Å². The Morgan fingerprint density at radius 3 is 2.45 bits per heavy atom. The van der Waals surface area contributed by atoms with Gasteiger partial charge in [0.05, 0.1) is 25.5 Å². The van der Waals surface area contributed by atoms with Crippen molar-refractivity contribution in [1.82, 2.24) is 5.48 Å². The number of hydroxylamine groups is 1. The number of carbonyl (C=O) groups is 1. The second-order valence-corrected chi connectivity index (χ2v) is 6.90. The first-order valence-electron chi connectivity index (χ1n) is 9.39. The molecule has 0 aliphatic rings. The molecule has 6 nitrogen and oxygen atoms in total. The average Bonchev–Trinajstić information content (AvgIpc) is 2.72. The summed E-state index contributed by atoms with van der Waals surface area (Å²) in [6.07, 6.45) is -4.45. The number of esters is 1. The molecule has 2 aromatic rings. The van der Waals surface area contributed by atoms with Crippen LogP contribution in [0.3, 0.4) is 0 Å². The predicted octanol–water partition coefficient (Wildman–Crippen LogP) is 4.63. The molecule has 31 heavy (non-hydrogen) atoms. The third-order valence-electron chi connectivity index (χ3n) is 4.80. The summed E-state index contributed by atoms with van der Waals surface area (Å²) in [6, 6.07) is 7.94. The molecule has 2 aromatic carbocycles. The van der Waals surface area contributed by atoms with Crippen LogP contribution in [0.25, 0.3) is 0 Å². The number of nitrogens with one attached hydrogen (secondary N) is 1. The van der Waals surface area contributed by atoms with Crippen molar-refractivity contribution in [1.29, 1.82) is 0 Å². The Kier molecular flexibility index (Phi) is 8.18. The maximum atomic E-state index is 13.0. The van der Waals surface area contributed by atoms with Gasteiger partial charge in [-0.2, -0.15) is 18.7 Å². The van der Waals surface area contributed by atoms with Crippen molar-refractivity contribution in [2.45, 2.75) is 39.6 Å². The van der Waals surface area contributed by atoms with Crippen LogP contribution in [0.2, 0.25) is 0 Å². The zero-order valence-corrected chi connectivity index (χ0v) is 18.0. The molecule has 0 heterocycles. The van der Waals surface area contributed by atoms with E-state index in [-0.39, 0.29) is 6.61 Å². The number of methoxy groups -OCH3 is 1. The monoisotopic (exact) mass is 438 g/mol. The lowest BCUT2D eigenvalue weighted by atomic mass is 9.97. The number of aryl methyl sites for hydroxylation is 2. The molecule has 0 fully saturated rings. The summed E-state index contributed by atoms with van der Waals surface area (Å²) in [5.41, 5.74) is 5.23. The first-order valence-corrected chi connectivity index (χ1v) is 9.39. The molecule has 168 valence electrons. The second kappa shape index (κ2) is 10.4. The van der Waals surface area contributed by atoms with E-state index in [2.05, 4.69) is 10.6 Å². The van der Waals surface area contributed by atoms with Crippen LogP contribution in [0.15, 0.2) is 41.6 Å². The zero-order chi connectivity index (χ0) is 23.2. The molecule has 1 unspecified atom stereocenters. The van der Waals surface area contributed by atoms with Gasteiger partial charge in [0.25, 0.3) is 0 Å². The largest absolute Gasteiger partial charge is 0.468 e. The van der Waals surface area contributed by atoms with Crippen molar-refractivity contribution < 1.29 is 32.4 Å². The Bertz CT molecular complexity index is 958. The van der Waals surface area contributed by atoms with Crippen molar-refractivity contribution in [3.8, 4) is 0 Å². The van der Waals surface area contributed by atoms with E-state index in [0.29, 0.717) is 28.0 Å². The van der Waals surface area contributed by atoms with Crippen molar-refractivity contribution in [3.05, 3.63) is 69.8 Å². The van der Waals surface area contributed by atoms with Gasteiger partial charge in [0, 0.05) is 11.1 Å². The van der Waals surface area contributed by atoms with Crippen LogP contribution < -0.4 is 5.48 Å². The summed E-state index contributed by atoms with van der Waals surface area (Å²) in [7, 11) is 2.65. The normalized spacial score (nSPS) is 13.1. The Morgan fingerprint density at radius 2 is 1.84 bits per heavy atom. The molecule has 9 heteroatoms. The molecule has 0 aromatic heterocycles. The molecule has 1 atom stereocenters. The molecule has 0 aliphatic heterocycles. The molecular formula is C22H25F3N2O4. The summed E-state index contributed by atoms with van der Waals surface area (Å²) >= 11 is 0. The first kappa shape index (κ1) is 24.4. The summed E-state index contributed by atoms with van der Waals surface area (Å²) < 4.78 is 43.9. The fourth-order valence-corrected chi connectivity index (χ4v) is 3.10. The number of oxime groups is 1. The number of alkyl halides is 3. The van der Waals surface area contributed by atoms with E-state index in [1.165, 1.54) is 20.3 Å². The minimum Gasteiger partial charge on any atom is -0.468 e. The van der Waals surface area contributed by atoms with Crippen molar-refractivity contribution >= 4 is 11.7 Å². The number of benzene rings is 2. The van der Waals surface area contributed by atoms with Crippen LogP contribution in [0.4, 0.5) is 13.2 Å². The van der Waals surface area contributed by atoms with E-state index in [0.717, 1.165) is 17.7 Å². The first-order chi connectivity index (χ1) is 14.6. The number of hydrogen-bond acceptors (Lipinski definition) is 6.